The van der Waals surface area contributed by atoms with E-state index in [2.05, 4.69) is 15.5 Å². The Hall–Kier alpha value is -1.82. The molecule has 2 aromatic rings. The van der Waals surface area contributed by atoms with E-state index in [1.165, 1.54) is 17.3 Å². The standard InChI is InChI=1S/C14H17N3O2S/c1-3-13-16-17-14(19-13)20-9-8-12(18)15-11-6-4-10(2)5-7-11/h4-7H,3,8-9H2,1-2H3,(H,15,18). The lowest BCUT2D eigenvalue weighted by Crippen LogP contribution is -2.12. The smallest absolute Gasteiger partial charge is 0.276 e. The quantitative estimate of drug-likeness (QED) is 0.828. The van der Waals surface area contributed by atoms with E-state index in [1.54, 1.807) is 0 Å². The van der Waals surface area contributed by atoms with Crippen LogP contribution in [0.3, 0.4) is 0 Å². The number of aryl methyl sites for hydroxylation is 2. The van der Waals surface area contributed by atoms with Gasteiger partial charge in [-0.3, -0.25) is 4.79 Å². The van der Waals surface area contributed by atoms with Gasteiger partial charge >= 0.3 is 0 Å². The number of hydrogen-bond donors (Lipinski definition) is 1. The molecule has 0 aliphatic carbocycles. The predicted octanol–water partition coefficient (Wildman–Crippen LogP) is 3.06. The summed E-state index contributed by atoms with van der Waals surface area (Å²) in [6.07, 6.45) is 1.13. The Morgan fingerprint density at radius 2 is 2.05 bits per heavy atom. The van der Waals surface area contributed by atoms with E-state index in [-0.39, 0.29) is 5.91 Å². The summed E-state index contributed by atoms with van der Waals surface area (Å²) in [5.74, 6) is 1.22. The van der Waals surface area contributed by atoms with E-state index < -0.39 is 0 Å². The Balaban J connectivity index is 1.73. The maximum absolute atomic E-state index is 11.8. The number of carbonyl (C=O) groups is 1. The highest BCUT2D eigenvalue weighted by Crippen LogP contribution is 2.17. The van der Waals surface area contributed by atoms with Gasteiger partial charge in [0.2, 0.25) is 11.8 Å². The highest BCUT2D eigenvalue weighted by atomic mass is 32.2. The SMILES string of the molecule is CCc1nnc(SCCC(=O)Nc2ccc(C)cc2)o1. The van der Waals surface area contributed by atoms with Crippen molar-refractivity contribution in [1.82, 2.24) is 10.2 Å². The van der Waals surface area contributed by atoms with Crippen LogP contribution in [0.4, 0.5) is 5.69 Å². The first-order valence-corrected chi connectivity index (χ1v) is 7.47. The summed E-state index contributed by atoms with van der Waals surface area (Å²) in [6, 6.07) is 7.72. The minimum absolute atomic E-state index is 0.0171. The van der Waals surface area contributed by atoms with Gasteiger partial charge in [0.15, 0.2) is 0 Å². The molecular weight excluding hydrogens is 274 g/mol. The van der Waals surface area contributed by atoms with Crippen molar-refractivity contribution in [3.05, 3.63) is 35.7 Å². The molecule has 0 aliphatic heterocycles. The van der Waals surface area contributed by atoms with Crippen molar-refractivity contribution < 1.29 is 9.21 Å². The molecule has 0 saturated carbocycles. The Morgan fingerprint density at radius 1 is 1.30 bits per heavy atom. The van der Waals surface area contributed by atoms with Crippen LogP contribution in [0.1, 0.15) is 24.8 Å². The summed E-state index contributed by atoms with van der Waals surface area (Å²) in [7, 11) is 0. The average molecular weight is 291 g/mol. The van der Waals surface area contributed by atoms with Crippen molar-refractivity contribution in [1.29, 1.82) is 0 Å². The molecule has 0 unspecified atom stereocenters. The van der Waals surface area contributed by atoms with Crippen molar-refractivity contribution in [2.45, 2.75) is 31.9 Å². The second-order valence-corrected chi connectivity index (χ2v) is 5.37. The first kappa shape index (κ1) is 14.6. The molecule has 20 heavy (non-hydrogen) atoms. The molecule has 1 amide bonds. The lowest BCUT2D eigenvalue weighted by atomic mass is 10.2. The summed E-state index contributed by atoms with van der Waals surface area (Å²) in [5, 5.41) is 11.1. The number of rotatable bonds is 6. The van der Waals surface area contributed by atoms with Gasteiger partial charge < -0.3 is 9.73 Å². The van der Waals surface area contributed by atoms with Crippen LogP contribution in [-0.4, -0.2) is 21.9 Å². The van der Waals surface area contributed by atoms with Crippen molar-refractivity contribution >= 4 is 23.4 Å². The second-order valence-electron chi connectivity index (χ2n) is 4.33. The third-order valence-electron chi connectivity index (χ3n) is 2.64. The van der Waals surface area contributed by atoms with Crippen LogP contribution in [-0.2, 0) is 11.2 Å². The zero-order valence-corrected chi connectivity index (χ0v) is 12.4. The molecular formula is C14H17N3O2S. The average Bonchev–Trinajstić information content (AvgIpc) is 2.89. The third kappa shape index (κ3) is 4.38. The first-order valence-electron chi connectivity index (χ1n) is 6.49. The molecule has 0 aliphatic rings. The van der Waals surface area contributed by atoms with Crippen molar-refractivity contribution in [3.63, 3.8) is 0 Å². The molecule has 0 bridgehead atoms. The van der Waals surface area contributed by atoms with Crippen molar-refractivity contribution in [3.8, 4) is 0 Å². The molecule has 1 aromatic carbocycles. The Labute approximate surface area is 122 Å². The van der Waals surface area contributed by atoms with Crippen LogP contribution in [0.25, 0.3) is 0 Å². The minimum Gasteiger partial charge on any atom is -0.416 e. The van der Waals surface area contributed by atoms with E-state index in [0.29, 0.717) is 23.3 Å². The topological polar surface area (TPSA) is 68.0 Å². The van der Waals surface area contributed by atoms with Gasteiger partial charge in [-0.25, -0.2) is 0 Å². The molecule has 6 heteroatoms. The molecule has 1 heterocycles. The normalized spacial score (nSPS) is 10.5. The molecule has 0 spiro atoms. The van der Waals surface area contributed by atoms with E-state index in [9.17, 15) is 4.79 Å². The van der Waals surface area contributed by atoms with Gasteiger partial charge in [-0.2, -0.15) is 0 Å². The fourth-order valence-electron chi connectivity index (χ4n) is 1.53. The fourth-order valence-corrected chi connectivity index (χ4v) is 2.25. The van der Waals surface area contributed by atoms with Gasteiger partial charge in [-0.05, 0) is 19.1 Å². The van der Waals surface area contributed by atoms with Gasteiger partial charge in [-0.15, -0.1) is 10.2 Å². The Bertz CT molecular complexity index is 566. The number of amides is 1. The predicted molar refractivity (Wildman–Crippen MR) is 78.8 cm³/mol. The van der Waals surface area contributed by atoms with Crippen LogP contribution in [0.5, 0.6) is 0 Å². The van der Waals surface area contributed by atoms with Crippen LogP contribution in [0, 0.1) is 6.92 Å². The van der Waals surface area contributed by atoms with E-state index in [4.69, 9.17) is 4.42 Å². The summed E-state index contributed by atoms with van der Waals surface area (Å²) in [6.45, 7) is 3.97. The highest BCUT2D eigenvalue weighted by molar-refractivity contribution is 7.99. The zero-order chi connectivity index (χ0) is 14.4. The fraction of sp³-hybridized carbons (Fsp3) is 0.357. The maximum Gasteiger partial charge on any atom is 0.276 e. The van der Waals surface area contributed by atoms with Crippen LogP contribution >= 0.6 is 11.8 Å². The van der Waals surface area contributed by atoms with Crippen LogP contribution in [0.15, 0.2) is 33.9 Å². The molecule has 1 N–H and O–H groups in total. The number of anilines is 1. The number of nitrogens with zero attached hydrogens (tertiary/aromatic N) is 2. The van der Waals surface area contributed by atoms with Gasteiger partial charge in [0.05, 0.1) is 0 Å². The maximum atomic E-state index is 11.8. The number of carbonyl (C=O) groups excluding carboxylic acids is 1. The van der Waals surface area contributed by atoms with Gasteiger partial charge in [0.1, 0.15) is 0 Å². The summed E-state index contributed by atoms with van der Waals surface area (Å²) < 4.78 is 5.36. The number of thioether (sulfide) groups is 1. The number of aromatic nitrogens is 2. The number of nitrogens with one attached hydrogen (secondary N) is 1. The number of benzene rings is 1. The third-order valence-corrected chi connectivity index (χ3v) is 3.46. The first-order chi connectivity index (χ1) is 9.67. The molecule has 0 radical (unpaired) electrons. The Kier molecular flexibility index (Phi) is 5.17. The van der Waals surface area contributed by atoms with Gasteiger partial charge in [-0.1, -0.05) is 36.4 Å². The molecule has 2 rings (SSSR count). The van der Waals surface area contributed by atoms with Crippen LogP contribution < -0.4 is 5.32 Å². The molecule has 106 valence electrons. The lowest BCUT2D eigenvalue weighted by molar-refractivity contribution is -0.115. The highest BCUT2D eigenvalue weighted by Gasteiger charge is 2.07. The summed E-state index contributed by atoms with van der Waals surface area (Å²) in [4.78, 5) is 11.8. The van der Waals surface area contributed by atoms with Crippen molar-refractivity contribution in [2.75, 3.05) is 11.1 Å². The van der Waals surface area contributed by atoms with E-state index >= 15 is 0 Å². The molecule has 0 saturated heterocycles. The Morgan fingerprint density at radius 3 is 2.70 bits per heavy atom. The van der Waals surface area contributed by atoms with Gasteiger partial charge in [0, 0.05) is 24.3 Å². The summed E-state index contributed by atoms with van der Waals surface area (Å²) >= 11 is 1.40. The van der Waals surface area contributed by atoms with E-state index in [1.807, 2.05) is 38.1 Å². The summed E-state index contributed by atoms with van der Waals surface area (Å²) in [5.41, 5.74) is 1.98. The lowest BCUT2D eigenvalue weighted by Gasteiger charge is -2.04. The largest absolute Gasteiger partial charge is 0.416 e. The van der Waals surface area contributed by atoms with Crippen LogP contribution in [0.2, 0.25) is 0 Å². The molecule has 1 aromatic heterocycles. The second kappa shape index (κ2) is 7.09. The monoisotopic (exact) mass is 291 g/mol. The molecule has 0 atom stereocenters. The number of hydrogen-bond acceptors (Lipinski definition) is 5. The minimum atomic E-state index is -0.0171. The van der Waals surface area contributed by atoms with E-state index in [0.717, 1.165) is 12.1 Å². The van der Waals surface area contributed by atoms with Gasteiger partial charge in [0.25, 0.3) is 5.22 Å². The zero-order valence-electron chi connectivity index (χ0n) is 11.5. The van der Waals surface area contributed by atoms with Crippen molar-refractivity contribution in [2.24, 2.45) is 0 Å². The molecule has 5 nitrogen and oxygen atoms in total. The molecule has 0 fully saturated rings.